The molecular formula is C12H10F2N2O4. The summed E-state index contributed by atoms with van der Waals surface area (Å²) < 4.78 is 26.7. The first-order valence-electron chi connectivity index (χ1n) is 5.71. The molecule has 1 saturated heterocycles. The molecule has 8 heteroatoms. The van der Waals surface area contributed by atoms with E-state index in [1.54, 1.807) is 0 Å². The highest BCUT2D eigenvalue weighted by molar-refractivity contribution is 6.00. The number of amides is 2. The minimum absolute atomic E-state index is 0.185. The van der Waals surface area contributed by atoms with Gasteiger partial charge in [0.1, 0.15) is 17.7 Å². The summed E-state index contributed by atoms with van der Waals surface area (Å²) in [6, 6.07) is 0.272. The number of benzene rings is 1. The number of rotatable bonds is 3. The Morgan fingerprint density at radius 2 is 2.00 bits per heavy atom. The van der Waals surface area contributed by atoms with Gasteiger partial charge in [-0.3, -0.25) is 9.59 Å². The molecule has 0 saturated carbocycles. The Morgan fingerprint density at radius 1 is 1.30 bits per heavy atom. The van der Waals surface area contributed by atoms with E-state index < -0.39 is 40.8 Å². The van der Waals surface area contributed by atoms with Gasteiger partial charge in [-0.2, -0.15) is 0 Å². The highest BCUT2D eigenvalue weighted by Gasteiger charge is 2.28. The number of anilines is 1. The van der Waals surface area contributed by atoms with Gasteiger partial charge < -0.3 is 15.7 Å². The Labute approximate surface area is 111 Å². The Bertz CT molecular complexity index is 603. The van der Waals surface area contributed by atoms with Crippen LogP contribution >= 0.6 is 0 Å². The molecule has 0 radical (unpaired) electrons. The molecule has 2 amide bonds. The third-order valence-corrected chi connectivity index (χ3v) is 2.86. The molecule has 1 heterocycles. The van der Waals surface area contributed by atoms with Crippen molar-refractivity contribution < 1.29 is 28.3 Å². The van der Waals surface area contributed by atoms with Crippen LogP contribution in [0.4, 0.5) is 14.5 Å². The van der Waals surface area contributed by atoms with Gasteiger partial charge in [-0.25, -0.2) is 13.6 Å². The van der Waals surface area contributed by atoms with Crippen molar-refractivity contribution in [1.82, 2.24) is 5.32 Å². The fraction of sp³-hybridized carbons (Fsp3) is 0.250. The molecule has 0 bridgehead atoms. The molecule has 0 unspecified atom stereocenters. The normalized spacial score (nSPS) is 17.7. The number of hydrogen-bond acceptors (Lipinski definition) is 3. The maximum Gasteiger partial charge on any atom is 0.338 e. The summed E-state index contributed by atoms with van der Waals surface area (Å²) in [6.07, 6.45) is 0.448. The number of carboxylic acid groups (broad SMARTS) is 1. The third-order valence-electron chi connectivity index (χ3n) is 2.86. The minimum atomic E-state index is -1.58. The number of halogens is 2. The zero-order chi connectivity index (χ0) is 14.9. The molecule has 106 valence electrons. The SMILES string of the molecule is O=C1CC[C@@H](C(=O)Nc2cc(C(=O)O)c(F)cc2F)N1. The second-order valence-corrected chi connectivity index (χ2v) is 4.27. The fourth-order valence-electron chi connectivity index (χ4n) is 1.84. The van der Waals surface area contributed by atoms with E-state index in [9.17, 15) is 23.2 Å². The molecule has 3 N–H and O–H groups in total. The molecule has 1 fully saturated rings. The smallest absolute Gasteiger partial charge is 0.338 e. The van der Waals surface area contributed by atoms with Crippen molar-refractivity contribution in [2.75, 3.05) is 5.32 Å². The predicted octanol–water partition coefficient (Wildman–Crippen LogP) is 0.880. The topological polar surface area (TPSA) is 95.5 Å². The van der Waals surface area contributed by atoms with Crippen LogP contribution in [-0.4, -0.2) is 28.9 Å². The first kappa shape index (κ1) is 13.9. The van der Waals surface area contributed by atoms with Crippen LogP contribution in [0.5, 0.6) is 0 Å². The van der Waals surface area contributed by atoms with Crippen LogP contribution in [0.25, 0.3) is 0 Å². The van der Waals surface area contributed by atoms with Crippen molar-refractivity contribution >= 4 is 23.5 Å². The summed E-state index contributed by atoms with van der Waals surface area (Å²) in [5.74, 6) is -4.88. The van der Waals surface area contributed by atoms with Crippen molar-refractivity contribution in [1.29, 1.82) is 0 Å². The lowest BCUT2D eigenvalue weighted by molar-refractivity contribution is -0.122. The van der Waals surface area contributed by atoms with Gasteiger partial charge in [0.25, 0.3) is 0 Å². The zero-order valence-electron chi connectivity index (χ0n) is 10.1. The van der Waals surface area contributed by atoms with E-state index in [0.717, 1.165) is 0 Å². The molecule has 1 aliphatic rings. The minimum Gasteiger partial charge on any atom is -0.478 e. The monoisotopic (exact) mass is 284 g/mol. The molecule has 0 spiro atoms. The summed E-state index contributed by atoms with van der Waals surface area (Å²) in [5.41, 5.74) is -1.20. The second kappa shape index (κ2) is 5.24. The zero-order valence-corrected chi connectivity index (χ0v) is 10.1. The predicted molar refractivity (Wildman–Crippen MR) is 63.1 cm³/mol. The number of carbonyl (C=O) groups is 3. The molecular weight excluding hydrogens is 274 g/mol. The quantitative estimate of drug-likeness (QED) is 0.767. The fourth-order valence-corrected chi connectivity index (χ4v) is 1.84. The van der Waals surface area contributed by atoms with E-state index in [1.807, 2.05) is 0 Å². The maximum absolute atomic E-state index is 13.5. The van der Waals surface area contributed by atoms with E-state index in [1.165, 1.54) is 0 Å². The van der Waals surface area contributed by atoms with Gasteiger partial charge in [-0.1, -0.05) is 0 Å². The summed E-state index contributed by atoms with van der Waals surface area (Å²) in [4.78, 5) is 33.5. The van der Waals surface area contributed by atoms with Crippen LogP contribution in [0.15, 0.2) is 12.1 Å². The van der Waals surface area contributed by atoms with E-state index in [0.29, 0.717) is 12.1 Å². The standard InChI is InChI=1S/C12H10F2N2O4/c13-6-4-7(14)9(3-5(6)12(19)20)16-11(18)8-1-2-10(17)15-8/h3-4,8H,1-2H2,(H,15,17)(H,16,18)(H,19,20)/t8-/m0/s1. The molecule has 2 rings (SSSR count). The molecule has 1 aliphatic heterocycles. The summed E-state index contributed by atoms with van der Waals surface area (Å²) in [7, 11) is 0. The molecule has 6 nitrogen and oxygen atoms in total. The van der Waals surface area contributed by atoms with Crippen LogP contribution in [-0.2, 0) is 9.59 Å². The summed E-state index contributed by atoms with van der Waals surface area (Å²) in [6.45, 7) is 0. The Morgan fingerprint density at radius 3 is 2.55 bits per heavy atom. The van der Waals surface area contributed by atoms with Crippen LogP contribution in [0.1, 0.15) is 23.2 Å². The number of nitrogens with one attached hydrogen (secondary N) is 2. The molecule has 1 atom stereocenters. The first-order valence-corrected chi connectivity index (χ1v) is 5.71. The van der Waals surface area contributed by atoms with Crippen molar-refractivity contribution in [3.63, 3.8) is 0 Å². The molecule has 1 aromatic carbocycles. The van der Waals surface area contributed by atoms with Crippen LogP contribution in [0.2, 0.25) is 0 Å². The van der Waals surface area contributed by atoms with Gasteiger partial charge in [-0.05, 0) is 12.5 Å². The van der Waals surface area contributed by atoms with E-state index >= 15 is 0 Å². The average Bonchev–Trinajstić information content (AvgIpc) is 2.79. The van der Waals surface area contributed by atoms with E-state index in [4.69, 9.17) is 5.11 Å². The van der Waals surface area contributed by atoms with Crippen molar-refractivity contribution in [2.45, 2.75) is 18.9 Å². The molecule has 0 aliphatic carbocycles. The van der Waals surface area contributed by atoms with E-state index in [2.05, 4.69) is 10.6 Å². The lowest BCUT2D eigenvalue weighted by Crippen LogP contribution is -2.37. The van der Waals surface area contributed by atoms with Crippen LogP contribution < -0.4 is 10.6 Å². The maximum atomic E-state index is 13.5. The van der Waals surface area contributed by atoms with Gasteiger partial charge in [0.15, 0.2) is 0 Å². The van der Waals surface area contributed by atoms with Crippen molar-refractivity contribution in [3.8, 4) is 0 Å². The van der Waals surface area contributed by atoms with Crippen LogP contribution in [0, 0.1) is 11.6 Å². The highest BCUT2D eigenvalue weighted by Crippen LogP contribution is 2.20. The average molecular weight is 284 g/mol. The van der Waals surface area contributed by atoms with Gasteiger partial charge in [0.2, 0.25) is 11.8 Å². The van der Waals surface area contributed by atoms with E-state index in [-0.39, 0.29) is 18.7 Å². The number of carboxylic acids is 1. The lowest BCUT2D eigenvalue weighted by Gasteiger charge is -2.12. The van der Waals surface area contributed by atoms with Gasteiger partial charge in [0.05, 0.1) is 11.3 Å². The van der Waals surface area contributed by atoms with Crippen molar-refractivity contribution in [2.24, 2.45) is 0 Å². The summed E-state index contributed by atoms with van der Waals surface area (Å²) >= 11 is 0. The van der Waals surface area contributed by atoms with Gasteiger partial charge in [0, 0.05) is 12.5 Å². The molecule has 1 aromatic rings. The number of hydrogen-bond donors (Lipinski definition) is 3. The molecule has 20 heavy (non-hydrogen) atoms. The lowest BCUT2D eigenvalue weighted by atomic mass is 10.1. The Balaban J connectivity index is 2.20. The second-order valence-electron chi connectivity index (χ2n) is 4.27. The largest absolute Gasteiger partial charge is 0.478 e. The first-order chi connectivity index (χ1) is 9.38. The van der Waals surface area contributed by atoms with Gasteiger partial charge >= 0.3 is 5.97 Å². The van der Waals surface area contributed by atoms with Gasteiger partial charge in [-0.15, -0.1) is 0 Å². The Kier molecular flexibility index (Phi) is 3.64. The van der Waals surface area contributed by atoms with Crippen LogP contribution in [0.3, 0.4) is 0 Å². The Hall–Kier alpha value is -2.51. The number of carbonyl (C=O) groups excluding carboxylic acids is 2. The summed E-state index contributed by atoms with van der Waals surface area (Å²) in [5, 5.41) is 13.2. The highest BCUT2D eigenvalue weighted by atomic mass is 19.1. The number of aromatic carboxylic acids is 1. The third kappa shape index (κ3) is 2.73. The van der Waals surface area contributed by atoms with Crippen molar-refractivity contribution in [3.05, 3.63) is 29.3 Å². The molecule has 0 aromatic heterocycles.